The molecule has 41 heavy (non-hydrogen) atoms. The van der Waals surface area contributed by atoms with Gasteiger partial charge in [-0.05, 0) is 24.3 Å². The molecule has 1 radical (unpaired) electrons. The summed E-state index contributed by atoms with van der Waals surface area (Å²) < 4.78 is 182. The van der Waals surface area contributed by atoms with Crippen LogP contribution in [0.15, 0.2) is 45.6 Å². The van der Waals surface area contributed by atoms with Gasteiger partial charge in [0.15, 0.2) is 12.8 Å². The van der Waals surface area contributed by atoms with Crippen molar-refractivity contribution in [3.05, 3.63) is 48.3 Å². The second kappa shape index (κ2) is 12.7. The molecule has 0 unspecified atom stereocenters. The number of halogens is 14. The molecular formula is C20H14F14MnO6+4. The van der Waals surface area contributed by atoms with Gasteiger partial charge in [-0.25, -0.2) is 0 Å². The number of hydrogen-bond acceptors (Lipinski definition) is 2. The number of hydrogen-bond donors (Lipinski definition) is 0. The maximum Gasteiger partial charge on any atom is 0.460 e. The normalized spacial score (nSPS) is 13.0. The molecule has 0 aliphatic carbocycles. The Hall–Kier alpha value is -3.22. The summed E-state index contributed by atoms with van der Waals surface area (Å²) in [7, 11) is 0. The van der Waals surface area contributed by atoms with E-state index in [9.17, 15) is 71.1 Å². The largest absolute Gasteiger partial charge is 0.460 e. The van der Waals surface area contributed by atoms with E-state index < -0.39 is 83.5 Å². The van der Waals surface area contributed by atoms with E-state index in [0.717, 1.165) is 24.7 Å². The van der Waals surface area contributed by atoms with Crippen LogP contribution in [0.5, 0.6) is 0 Å². The molecule has 6 nitrogen and oxygen atoms in total. The monoisotopic (exact) mass is 671 g/mol. The Bertz CT molecular complexity index is 1100. The fraction of sp³-hybridized carbons (Fsp3) is 0.400. The second-order valence-electron chi connectivity index (χ2n) is 7.39. The van der Waals surface area contributed by atoms with E-state index in [1.54, 1.807) is 0 Å². The van der Waals surface area contributed by atoms with Gasteiger partial charge >= 0.3 is 59.2 Å². The van der Waals surface area contributed by atoms with Gasteiger partial charge in [-0.3, -0.25) is 19.2 Å². The molecule has 0 fully saturated rings. The van der Waals surface area contributed by atoms with Crippen LogP contribution in [0.2, 0.25) is 0 Å². The van der Waals surface area contributed by atoms with E-state index in [1.165, 1.54) is 12.1 Å². The molecule has 21 heteroatoms. The van der Waals surface area contributed by atoms with Gasteiger partial charge in [0.2, 0.25) is 11.5 Å². The molecule has 231 valence electrons. The summed E-state index contributed by atoms with van der Waals surface area (Å²) in [4.78, 5) is 36.0. The molecule has 2 aromatic rings. The Labute approximate surface area is 227 Å². The predicted molar refractivity (Wildman–Crippen MR) is 105 cm³/mol. The van der Waals surface area contributed by atoms with Gasteiger partial charge in [0, 0.05) is 17.1 Å². The molecule has 2 rings (SSSR count). The van der Waals surface area contributed by atoms with Crippen LogP contribution in [0.25, 0.3) is 0 Å². The molecule has 0 aliphatic rings. The molecule has 0 saturated carbocycles. The molecular weight excluding hydrogens is 657 g/mol. The van der Waals surface area contributed by atoms with Crippen molar-refractivity contribution < 1.29 is 107 Å². The van der Waals surface area contributed by atoms with E-state index in [0.29, 0.717) is 0 Å². The van der Waals surface area contributed by atoms with Crippen LogP contribution in [-0.2, 0) is 17.1 Å². The Balaban J connectivity index is 0.000000762. The summed E-state index contributed by atoms with van der Waals surface area (Å²) in [5, 5.41) is 0. The molecule has 0 aromatic carbocycles. The topological polar surface area (TPSA) is 112 Å². The maximum absolute atomic E-state index is 13.0. The first kappa shape index (κ1) is 37.8. The third-order valence-corrected chi connectivity index (χ3v) is 4.51. The van der Waals surface area contributed by atoms with E-state index in [2.05, 4.69) is 8.83 Å². The zero-order valence-electron chi connectivity index (χ0n) is 19.2. The Morgan fingerprint density at radius 2 is 0.805 bits per heavy atom. The standard InChI is InChI=1S/2C10H5F7O3.Mn/c2*11-8(12,9(13,14)10(15,16)17)7(19)4-5(18)6-2-1-3-20-6;/h2*1-3H,4H2;/p+4. The van der Waals surface area contributed by atoms with Gasteiger partial charge in [-0.1, -0.05) is 0 Å². The second-order valence-corrected chi connectivity index (χ2v) is 7.39. The molecule has 0 bridgehead atoms. The van der Waals surface area contributed by atoms with Crippen molar-refractivity contribution in [2.75, 3.05) is 0 Å². The third kappa shape index (κ3) is 7.96. The Morgan fingerprint density at radius 1 is 0.537 bits per heavy atom. The molecule has 0 saturated heterocycles. The van der Waals surface area contributed by atoms with Crippen molar-refractivity contribution in [3.63, 3.8) is 0 Å². The minimum Gasteiger partial charge on any atom is -0.456 e. The van der Waals surface area contributed by atoms with Crippen molar-refractivity contribution in [1.82, 2.24) is 0 Å². The van der Waals surface area contributed by atoms with Crippen molar-refractivity contribution in [2.24, 2.45) is 0 Å². The average molecular weight is 671 g/mol. The van der Waals surface area contributed by atoms with E-state index in [-0.39, 0.29) is 17.1 Å². The van der Waals surface area contributed by atoms with Crippen molar-refractivity contribution in [2.45, 2.75) is 48.9 Å². The summed E-state index contributed by atoms with van der Waals surface area (Å²) in [6, 6.07) is 4.46. The number of alkyl halides is 14. The summed E-state index contributed by atoms with van der Waals surface area (Å²) in [5.41, 5.74) is 0. The fourth-order valence-electron chi connectivity index (χ4n) is 2.32. The molecule has 2 aromatic heterocycles. The third-order valence-electron chi connectivity index (χ3n) is 4.51. The molecule has 0 aliphatic heterocycles. The van der Waals surface area contributed by atoms with Gasteiger partial charge in [-0.2, -0.15) is 61.5 Å². The SMILES string of the molecule is [Mn].[OH+]=C(CC(=[OH+])C(F)(F)C(F)(F)C(F)(F)F)c1ccco1.[OH+]=C(CC(=[OH+])C(F)(F)C(F)(F)C(F)(F)F)c1ccco1. The van der Waals surface area contributed by atoms with Crippen molar-refractivity contribution >= 4 is 23.1 Å². The summed E-state index contributed by atoms with van der Waals surface area (Å²) in [5.74, 6) is -33.0. The number of carbonyl (C=O) groups excluding carboxylic acids is 4. The van der Waals surface area contributed by atoms with Gasteiger partial charge in [0.05, 0.1) is 12.5 Å². The zero-order chi connectivity index (χ0) is 31.5. The first-order valence-corrected chi connectivity index (χ1v) is 9.74. The van der Waals surface area contributed by atoms with Gasteiger partial charge in [-0.15, -0.1) is 0 Å². The van der Waals surface area contributed by atoms with Gasteiger partial charge in [0.25, 0.3) is 0 Å². The van der Waals surface area contributed by atoms with E-state index in [4.69, 9.17) is 9.59 Å². The van der Waals surface area contributed by atoms with Gasteiger partial charge < -0.3 is 8.83 Å². The van der Waals surface area contributed by atoms with Crippen molar-refractivity contribution in [3.8, 4) is 0 Å². The first-order valence-electron chi connectivity index (χ1n) is 9.74. The maximum atomic E-state index is 13.0. The van der Waals surface area contributed by atoms with E-state index >= 15 is 0 Å². The summed E-state index contributed by atoms with van der Waals surface area (Å²) >= 11 is 0. The fourth-order valence-corrected chi connectivity index (χ4v) is 2.32. The Kier molecular flexibility index (Phi) is 11.7. The first-order chi connectivity index (χ1) is 17.8. The molecule has 4 N–H and O–H groups in total. The van der Waals surface area contributed by atoms with Crippen LogP contribution in [0.4, 0.5) is 61.5 Å². The zero-order valence-corrected chi connectivity index (χ0v) is 20.3. The average Bonchev–Trinajstić information content (AvgIpc) is 3.52. The van der Waals surface area contributed by atoms with Gasteiger partial charge in [0.1, 0.15) is 0 Å². The van der Waals surface area contributed by atoms with E-state index in [1.807, 2.05) is 0 Å². The minimum atomic E-state index is -6.56. The minimum absolute atomic E-state index is 0. The van der Waals surface area contributed by atoms with Crippen LogP contribution in [0.3, 0.4) is 0 Å². The molecule has 2 heterocycles. The number of rotatable bonds is 10. The van der Waals surface area contributed by atoms with Crippen LogP contribution >= 0.6 is 0 Å². The molecule has 0 atom stereocenters. The predicted octanol–water partition coefficient (Wildman–Crippen LogP) is 5.88. The summed E-state index contributed by atoms with van der Waals surface area (Å²) in [6.45, 7) is 0. The van der Waals surface area contributed by atoms with Crippen molar-refractivity contribution in [1.29, 1.82) is 0 Å². The number of furan rings is 2. The smallest absolute Gasteiger partial charge is 0.456 e. The van der Waals surface area contributed by atoms with Crippen LogP contribution in [0.1, 0.15) is 24.4 Å². The summed E-state index contributed by atoms with van der Waals surface area (Å²) in [6.07, 6.45) is -14.4. The number of ketones is 4. The quantitative estimate of drug-likeness (QED) is 0.103. The van der Waals surface area contributed by atoms with Crippen LogP contribution < -0.4 is 0 Å². The van der Waals surface area contributed by atoms with Crippen LogP contribution in [0, 0.1) is 0 Å². The Morgan fingerprint density at radius 3 is 1.00 bits per heavy atom. The van der Waals surface area contributed by atoms with Crippen LogP contribution in [-0.4, -0.2) is 78.4 Å². The molecule has 0 amide bonds. The molecule has 0 spiro atoms.